The highest BCUT2D eigenvalue weighted by molar-refractivity contribution is 6.74. The number of aromatic nitrogens is 1. The normalized spacial score (nSPS) is 12.8. The average Bonchev–Trinajstić information content (AvgIpc) is 2.97. The quantitative estimate of drug-likeness (QED) is 0.0797. The smallest absolute Gasteiger partial charge is 0.311 e. The number of hydrogen-bond acceptors (Lipinski definition) is 5. The molecule has 0 fully saturated rings. The zero-order chi connectivity index (χ0) is 31.5. The van der Waals surface area contributed by atoms with E-state index >= 15 is 0 Å². The van der Waals surface area contributed by atoms with Crippen molar-refractivity contribution in [2.75, 3.05) is 13.7 Å². The zero-order valence-electron chi connectivity index (χ0n) is 27.6. The first-order chi connectivity index (χ1) is 20.3. The van der Waals surface area contributed by atoms with Crippen LogP contribution in [0.2, 0.25) is 18.1 Å². The van der Waals surface area contributed by atoms with Gasteiger partial charge in [-0.15, -0.1) is 11.8 Å². The second-order valence-corrected chi connectivity index (χ2v) is 18.3. The Morgan fingerprint density at radius 2 is 1.63 bits per heavy atom. The van der Waals surface area contributed by atoms with Crippen molar-refractivity contribution in [1.82, 2.24) is 4.98 Å². The lowest BCUT2D eigenvalue weighted by atomic mass is 9.88. The highest BCUT2D eigenvalue weighted by Crippen LogP contribution is 2.42. The van der Waals surface area contributed by atoms with Crippen molar-refractivity contribution in [2.24, 2.45) is 5.41 Å². The number of hydrogen-bond donors (Lipinski definition) is 0. The van der Waals surface area contributed by atoms with Crippen LogP contribution in [-0.4, -0.2) is 33.0 Å². The molecule has 1 atom stereocenters. The molecule has 0 bridgehead atoms. The highest BCUT2D eigenvalue weighted by Gasteiger charge is 2.40. The molecular weight excluding hydrogens is 550 g/mol. The Morgan fingerprint density at radius 1 is 0.930 bits per heavy atom. The van der Waals surface area contributed by atoms with Crippen LogP contribution in [0.5, 0.6) is 5.88 Å². The fourth-order valence-electron chi connectivity index (χ4n) is 4.64. The predicted octanol–water partition coefficient (Wildman–Crippen LogP) is 9.46. The molecule has 0 N–H and O–H groups in total. The van der Waals surface area contributed by atoms with Crippen molar-refractivity contribution >= 4 is 25.2 Å². The molecule has 3 aromatic rings. The van der Waals surface area contributed by atoms with Crippen LogP contribution >= 0.6 is 0 Å². The summed E-state index contributed by atoms with van der Waals surface area (Å²) in [6, 6.07) is 21.0. The van der Waals surface area contributed by atoms with Crippen molar-refractivity contribution in [1.29, 1.82) is 0 Å². The molecule has 0 aliphatic carbocycles. The summed E-state index contributed by atoms with van der Waals surface area (Å²) in [5.41, 5.74) is 2.68. The molecule has 3 rings (SSSR count). The molecule has 43 heavy (non-hydrogen) atoms. The predicted molar refractivity (Wildman–Crippen MR) is 180 cm³/mol. The molecule has 0 aliphatic rings. The van der Waals surface area contributed by atoms with E-state index in [4.69, 9.17) is 18.9 Å². The van der Waals surface area contributed by atoms with E-state index in [0.29, 0.717) is 31.7 Å². The number of fused-ring (bicyclic) bond motifs is 1. The highest BCUT2D eigenvalue weighted by atomic mass is 28.4. The monoisotopic (exact) mass is 601 g/mol. The molecule has 1 aromatic heterocycles. The second-order valence-electron chi connectivity index (χ2n) is 13.5. The minimum absolute atomic E-state index is 0.0350. The third-order valence-electron chi connectivity index (χ3n) is 8.52. The lowest BCUT2D eigenvalue weighted by Crippen LogP contribution is -2.41. The Bertz CT molecular complexity index is 1380. The number of para-hydroxylation sites is 1. The fraction of sp³-hybridized carbons (Fsp3) is 0.514. The summed E-state index contributed by atoms with van der Waals surface area (Å²) in [6.07, 6.45) is 5.77. The summed E-state index contributed by atoms with van der Waals surface area (Å²) in [4.78, 5) is 17.1. The second kappa shape index (κ2) is 15.5. The number of nitrogens with zero attached hydrogens (tertiary/aromatic N) is 1. The molecule has 0 aliphatic heterocycles. The van der Waals surface area contributed by atoms with E-state index in [-0.39, 0.29) is 17.1 Å². The van der Waals surface area contributed by atoms with Crippen LogP contribution in [0, 0.1) is 17.3 Å². The molecule has 2 aromatic carbocycles. The van der Waals surface area contributed by atoms with E-state index in [9.17, 15) is 4.79 Å². The molecule has 0 saturated heterocycles. The Morgan fingerprint density at radius 3 is 2.33 bits per heavy atom. The van der Waals surface area contributed by atoms with E-state index in [1.54, 1.807) is 0 Å². The van der Waals surface area contributed by atoms with E-state index in [1.807, 2.05) is 32.0 Å². The minimum Gasteiger partial charge on any atom is -0.477 e. The van der Waals surface area contributed by atoms with Gasteiger partial charge in [0.05, 0.1) is 30.8 Å². The zero-order valence-corrected chi connectivity index (χ0v) is 28.6. The fourth-order valence-corrected chi connectivity index (χ4v) is 5.91. The maximum absolute atomic E-state index is 12.1. The summed E-state index contributed by atoms with van der Waals surface area (Å²) >= 11 is 0. The largest absolute Gasteiger partial charge is 0.477 e. The number of benzene rings is 2. The van der Waals surface area contributed by atoms with Crippen molar-refractivity contribution in [3.05, 3.63) is 71.8 Å². The van der Waals surface area contributed by atoms with Gasteiger partial charge in [-0.3, -0.25) is 4.79 Å². The summed E-state index contributed by atoms with van der Waals surface area (Å²) in [5, 5.41) is 1.09. The number of esters is 1. The molecule has 1 unspecified atom stereocenters. The first-order valence-corrected chi connectivity index (χ1v) is 18.5. The first-order valence-electron chi connectivity index (χ1n) is 15.6. The van der Waals surface area contributed by atoms with Crippen LogP contribution in [0.4, 0.5) is 0 Å². The SMILES string of the molecule is COC(=O)C(C)(C)CCC#CCC(O[Si](C)(C)C(C)(C)C)c1cc2ccccc2nc1OCCCCCc1ccccc1. The van der Waals surface area contributed by atoms with Gasteiger partial charge in [0.25, 0.3) is 0 Å². The number of ether oxygens (including phenoxy) is 2. The van der Waals surface area contributed by atoms with Crippen molar-refractivity contribution < 1.29 is 18.7 Å². The lowest BCUT2D eigenvalue weighted by molar-refractivity contribution is -0.151. The van der Waals surface area contributed by atoms with Gasteiger partial charge in [-0.2, -0.15) is 0 Å². The Labute approximate surface area is 260 Å². The number of methoxy groups -OCH3 is 1. The first kappa shape index (κ1) is 34.3. The molecule has 5 nitrogen and oxygen atoms in total. The molecule has 232 valence electrons. The minimum atomic E-state index is -2.15. The number of unbranched alkanes of at least 4 members (excludes halogenated alkanes) is 2. The molecule has 0 radical (unpaired) electrons. The molecule has 0 saturated carbocycles. The van der Waals surface area contributed by atoms with Gasteiger partial charge in [0, 0.05) is 23.8 Å². The molecular formula is C37H51NO4Si. The molecule has 1 heterocycles. The Kier molecular flexibility index (Phi) is 12.4. The summed E-state index contributed by atoms with van der Waals surface area (Å²) < 4.78 is 18.4. The maximum atomic E-state index is 12.1. The standard InChI is InChI=1S/C37H51NO4Si/c1-36(2,3)43(7,8)42-33(25-15-10-18-26-37(4,5)35(39)40-6)31-28-30-23-16-17-24-32(30)38-34(31)41-27-19-11-14-22-29-20-12-9-13-21-29/h9,12-13,16-17,20-21,23-24,28,33H,11,14,18-19,22,25-27H2,1-8H3. The van der Waals surface area contributed by atoms with E-state index in [1.165, 1.54) is 12.7 Å². The summed E-state index contributed by atoms with van der Waals surface area (Å²) in [6.45, 7) is 15.7. The van der Waals surface area contributed by atoms with Gasteiger partial charge in [-0.25, -0.2) is 4.98 Å². The Balaban J connectivity index is 1.80. The van der Waals surface area contributed by atoms with Gasteiger partial charge in [-0.1, -0.05) is 69.3 Å². The van der Waals surface area contributed by atoms with Crippen LogP contribution in [0.1, 0.15) is 90.4 Å². The lowest BCUT2D eigenvalue weighted by Gasteiger charge is -2.39. The number of carbonyl (C=O) groups excluding carboxylic acids is 1. The van der Waals surface area contributed by atoms with Crippen molar-refractivity contribution in [3.63, 3.8) is 0 Å². The van der Waals surface area contributed by atoms with Gasteiger partial charge in [0.2, 0.25) is 5.88 Å². The number of pyridine rings is 1. The van der Waals surface area contributed by atoms with Gasteiger partial charge in [0.1, 0.15) is 0 Å². The van der Waals surface area contributed by atoms with Crippen LogP contribution in [0.3, 0.4) is 0 Å². The van der Waals surface area contributed by atoms with Crippen LogP contribution in [0.15, 0.2) is 60.7 Å². The third-order valence-corrected chi connectivity index (χ3v) is 13.0. The van der Waals surface area contributed by atoms with Crippen LogP contribution < -0.4 is 4.74 Å². The molecule has 6 heteroatoms. The van der Waals surface area contributed by atoms with Crippen molar-refractivity contribution in [2.45, 2.75) is 104 Å². The van der Waals surface area contributed by atoms with E-state index < -0.39 is 13.7 Å². The topological polar surface area (TPSA) is 57.7 Å². The third kappa shape index (κ3) is 10.2. The number of carbonyl (C=O) groups is 1. The molecule has 0 spiro atoms. The van der Waals surface area contributed by atoms with Gasteiger partial charge < -0.3 is 13.9 Å². The Hall–Kier alpha value is -3.14. The molecule has 0 amide bonds. The van der Waals surface area contributed by atoms with Gasteiger partial charge in [-0.05, 0) is 81.8 Å². The van der Waals surface area contributed by atoms with Crippen LogP contribution in [-0.2, 0) is 20.4 Å². The van der Waals surface area contributed by atoms with E-state index in [2.05, 4.69) is 88.2 Å². The maximum Gasteiger partial charge on any atom is 0.311 e. The van der Waals surface area contributed by atoms with E-state index in [0.717, 1.165) is 42.1 Å². The average molecular weight is 602 g/mol. The van der Waals surface area contributed by atoms with Crippen molar-refractivity contribution in [3.8, 4) is 17.7 Å². The summed E-state index contributed by atoms with van der Waals surface area (Å²) in [7, 11) is -0.722. The van der Waals surface area contributed by atoms with Crippen LogP contribution in [0.25, 0.3) is 10.9 Å². The number of aryl methyl sites for hydroxylation is 1. The van der Waals surface area contributed by atoms with Gasteiger partial charge in [0.15, 0.2) is 8.32 Å². The summed E-state index contributed by atoms with van der Waals surface area (Å²) in [5.74, 6) is 7.10. The van der Waals surface area contributed by atoms with Gasteiger partial charge >= 0.3 is 5.97 Å². The number of rotatable bonds is 14.